The van der Waals surface area contributed by atoms with Crippen molar-refractivity contribution in [2.75, 3.05) is 18.5 Å². The first-order valence-electron chi connectivity index (χ1n) is 13.1. The molecule has 8 nitrogen and oxygen atoms in total. The zero-order chi connectivity index (χ0) is 26.8. The van der Waals surface area contributed by atoms with Crippen LogP contribution in [0.25, 0.3) is 0 Å². The molecule has 1 saturated carbocycles. The molecule has 1 amide bonds. The Labute approximate surface area is 220 Å². The van der Waals surface area contributed by atoms with Gasteiger partial charge in [-0.3, -0.25) is 9.78 Å². The monoisotopic (exact) mass is 505 g/mol. The van der Waals surface area contributed by atoms with Crippen LogP contribution in [0.4, 0.5) is 5.69 Å². The third-order valence-electron chi connectivity index (χ3n) is 7.17. The highest BCUT2D eigenvalue weighted by Crippen LogP contribution is 2.29. The molecule has 198 valence electrons. The minimum Gasteiger partial charge on any atom is -0.392 e. The van der Waals surface area contributed by atoms with E-state index in [0.29, 0.717) is 13.0 Å². The molecule has 4 rings (SSSR count). The number of hydrogen-bond donors (Lipinski definition) is 3. The van der Waals surface area contributed by atoms with Crippen LogP contribution in [0.2, 0.25) is 0 Å². The smallest absolute Gasteiger partial charge is 0.247 e. The lowest BCUT2D eigenvalue weighted by atomic mass is 9.86. The number of β-amino-alcohol motifs (C(OH)–C–C–N with tert-alkyl or cyclic N) is 1. The Morgan fingerprint density at radius 1 is 1.24 bits per heavy atom. The summed E-state index contributed by atoms with van der Waals surface area (Å²) in [5.74, 6) is 0.00818. The molecule has 3 atom stereocenters. The average molecular weight is 506 g/mol. The maximum Gasteiger partial charge on any atom is 0.247 e. The molecular formula is C29H39N5O3. The molecule has 2 fully saturated rings. The number of nitrogens with zero attached hydrogens (tertiary/aromatic N) is 3. The first kappa shape index (κ1) is 28.3. The fourth-order valence-corrected chi connectivity index (χ4v) is 4.79. The van der Waals surface area contributed by atoms with Gasteiger partial charge in [-0.05, 0) is 56.9 Å². The van der Waals surface area contributed by atoms with Crippen LogP contribution in [0, 0.1) is 11.3 Å². The number of pyridine rings is 1. The molecule has 3 unspecified atom stereocenters. The summed E-state index contributed by atoms with van der Waals surface area (Å²) in [6.07, 6.45) is 10.3. The maximum atomic E-state index is 13.3. The van der Waals surface area contributed by atoms with E-state index in [0.717, 1.165) is 35.9 Å². The number of benzene rings is 1. The minimum absolute atomic E-state index is 0.00818. The largest absolute Gasteiger partial charge is 0.392 e. The van der Waals surface area contributed by atoms with Crippen molar-refractivity contribution in [1.29, 1.82) is 5.26 Å². The van der Waals surface area contributed by atoms with Crippen molar-refractivity contribution >= 4 is 17.9 Å². The van der Waals surface area contributed by atoms with Gasteiger partial charge in [-0.25, -0.2) is 0 Å². The van der Waals surface area contributed by atoms with Crippen LogP contribution in [0.5, 0.6) is 0 Å². The number of amides is 1. The lowest BCUT2D eigenvalue weighted by Gasteiger charge is -2.32. The van der Waals surface area contributed by atoms with Crippen molar-refractivity contribution in [2.45, 2.75) is 82.0 Å². The Balaban J connectivity index is 0.000000405. The second kappa shape index (κ2) is 13.3. The second-order valence-electron chi connectivity index (χ2n) is 10.5. The number of carbonyl (C=O) groups excluding carboxylic acids is 2. The first-order valence-corrected chi connectivity index (χ1v) is 13.1. The Kier molecular flexibility index (Phi) is 10.2. The minimum atomic E-state index is -0.543. The van der Waals surface area contributed by atoms with Gasteiger partial charge in [0.15, 0.2) is 0 Å². The van der Waals surface area contributed by atoms with E-state index in [1.807, 2.05) is 62.2 Å². The van der Waals surface area contributed by atoms with Gasteiger partial charge in [0.25, 0.3) is 0 Å². The third-order valence-corrected chi connectivity index (χ3v) is 7.17. The molecule has 1 aliphatic carbocycles. The second-order valence-corrected chi connectivity index (χ2v) is 10.5. The number of aliphatic hydroxyl groups is 1. The first-order chi connectivity index (χ1) is 17.7. The van der Waals surface area contributed by atoms with Gasteiger partial charge in [0, 0.05) is 43.3 Å². The summed E-state index contributed by atoms with van der Waals surface area (Å²) in [5, 5.41) is 24.3. The molecule has 1 saturated heterocycles. The van der Waals surface area contributed by atoms with Crippen molar-refractivity contribution in [3.05, 3.63) is 59.9 Å². The predicted molar refractivity (Wildman–Crippen MR) is 144 cm³/mol. The Morgan fingerprint density at radius 3 is 2.46 bits per heavy atom. The number of anilines is 1. The van der Waals surface area contributed by atoms with Crippen LogP contribution in [0.1, 0.15) is 69.5 Å². The molecule has 8 heteroatoms. The van der Waals surface area contributed by atoms with E-state index in [2.05, 4.69) is 21.7 Å². The average Bonchev–Trinajstić information content (AvgIpc) is 3.35. The van der Waals surface area contributed by atoms with Gasteiger partial charge in [0.05, 0.1) is 23.6 Å². The highest BCUT2D eigenvalue weighted by atomic mass is 16.3. The third kappa shape index (κ3) is 7.85. The molecule has 1 aromatic carbocycles. The number of aromatic nitrogens is 1. The molecular weight excluding hydrogens is 466 g/mol. The van der Waals surface area contributed by atoms with Gasteiger partial charge >= 0.3 is 0 Å². The lowest BCUT2D eigenvalue weighted by molar-refractivity contribution is -0.123. The van der Waals surface area contributed by atoms with E-state index in [1.54, 1.807) is 12.4 Å². The van der Waals surface area contributed by atoms with Crippen molar-refractivity contribution in [1.82, 2.24) is 15.6 Å². The number of nitriles is 1. The Morgan fingerprint density at radius 2 is 1.95 bits per heavy atom. The van der Waals surface area contributed by atoms with Crippen LogP contribution in [0.15, 0.2) is 48.8 Å². The summed E-state index contributed by atoms with van der Waals surface area (Å²) in [6, 6.07) is 13.7. The van der Waals surface area contributed by atoms with E-state index < -0.39 is 11.5 Å². The van der Waals surface area contributed by atoms with Gasteiger partial charge in [0.1, 0.15) is 12.3 Å². The van der Waals surface area contributed by atoms with Gasteiger partial charge in [0.2, 0.25) is 5.91 Å². The zero-order valence-electron chi connectivity index (χ0n) is 22.1. The standard InChI is InChI=1S/C24H30N4O.C5H9NO2/c1-24(2,17-25)19-11-13-21(14-12-19)28(3)22(18-8-7-15-26-16-18)23(29)27-20-9-5-4-6-10-20;7-3-4-1-5(8)2-6-4/h7-8,11-16,20,22H,4-6,9-10H2,1-3H3,(H,27,29);3-6,8H,1-2H2. The summed E-state index contributed by atoms with van der Waals surface area (Å²) in [5.41, 5.74) is 2.21. The van der Waals surface area contributed by atoms with E-state index in [-0.39, 0.29) is 24.1 Å². The van der Waals surface area contributed by atoms with Gasteiger partial charge in [-0.1, -0.05) is 37.5 Å². The topological polar surface area (TPSA) is 118 Å². The number of carbonyl (C=O) groups is 2. The number of likely N-dealkylation sites (N-methyl/N-ethyl adjacent to an activating group) is 1. The summed E-state index contributed by atoms with van der Waals surface area (Å²) in [4.78, 5) is 29.5. The van der Waals surface area contributed by atoms with Gasteiger partial charge in [-0.15, -0.1) is 0 Å². The number of rotatable bonds is 7. The highest BCUT2D eigenvalue weighted by molar-refractivity contribution is 5.86. The lowest BCUT2D eigenvalue weighted by Crippen LogP contribution is -2.44. The molecule has 0 radical (unpaired) electrons. The highest BCUT2D eigenvalue weighted by Gasteiger charge is 2.29. The molecule has 0 bridgehead atoms. The Hall–Kier alpha value is -3.28. The Bertz CT molecular complexity index is 1050. The number of aliphatic hydroxyl groups excluding tert-OH is 1. The van der Waals surface area contributed by atoms with Crippen molar-refractivity contribution < 1.29 is 14.7 Å². The van der Waals surface area contributed by atoms with Crippen LogP contribution in [-0.4, -0.2) is 54.1 Å². The van der Waals surface area contributed by atoms with Gasteiger partial charge < -0.3 is 25.4 Å². The summed E-state index contributed by atoms with van der Waals surface area (Å²) < 4.78 is 0. The molecule has 3 N–H and O–H groups in total. The van der Waals surface area contributed by atoms with E-state index in [4.69, 9.17) is 5.11 Å². The molecule has 37 heavy (non-hydrogen) atoms. The maximum absolute atomic E-state index is 13.3. The molecule has 2 heterocycles. The van der Waals surface area contributed by atoms with Crippen molar-refractivity contribution in [2.24, 2.45) is 0 Å². The van der Waals surface area contributed by atoms with E-state index in [1.165, 1.54) is 19.3 Å². The fourth-order valence-electron chi connectivity index (χ4n) is 4.79. The fraction of sp³-hybridized carbons (Fsp3) is 0.517. The van der Waals surface area contributed by atoms with Crippen LogP contribution >= 0.6 is 0 Å². The van der Waals surface area contributed by atoms with Crippen molar-refractivity contribution in [3.63, 3.8) is 0 Å². The zero-order valence-corrected chi connectivity index (χ0v) is 22.1. The van der Waals surface area contributed by atoms with Crippen LogP contribution < -0.4 is 15.5 Å². The number of aldehydes is 1. The number of nitrogens with one attached hydrogen (secondary N) is 2. The molecule has 1 aliphatic heterocycles. The van der Waals surface area contributed by atoms with E-state index >= 15 is 0 Å². The number of hydrogen-bond acceptors (Lipinski definition) is 7. The van der Waals surface area contributed by atoms with Crippen molar-refractivity contribution in [3.8, 4) is 6.07 Å². The molecule has 2 aromatic rings. The molecule has 2 aliphatic rings. The SMILES string of the molecule is CN(c1ccc(C(C)(C)C#N)cc1)C(C(=O)NC1CCCCC1)c1cccnc1.O=CC1CC(O)CN1. The van der Waals surface area contributed by atoms with Crippen LogP contribution in [-0.2, 0) is 15.0 Å². The normalized spacial score (nSPS) is 20.6. The predicted octanol–water partition coefficient (Wildman–Crippen LogP) is 3.42. The molecule has 0 spiro atoms. The van der Waals surface area contributed by atoms with Gasteiger partial charge in [-0.2, -0.15) is 5.26 Å². The molecule has 1 aromatic heterocycles. The summed E-state index contributed by atoms with van der Waals surface area (Å²) in [6.45, 7) is 4.37. The quantitative estimate of drug-likeness (QED) is 0.494. The summed E-state index contributed by atoms with van der Waals surface area (Å²) >= 11 is 0. The van der Waals surface area contributed by atoms with Crippen LogP contribution in [0.3, 0.4) is 0 Å². The van der Waals surface area contributed by atoms with E-state index in [9.17, 15) is 14.9 Å². The summed E-state index contributed by atoms with van der Waals surface area (Å²) in [7, 11) is 1.93.